The van der Waals surface area contributed by atoms with Crippen LogP contribution in [0.3, 0.4) is 0 Å². The second-order valence-electron chi connectivity index (χ2n) is 3.83. The van der Waals surface area contributed by atoms with Gasteiger partial charge >= 0.3 is 5.97 Å². The van der Waals surface area contributed by atoms with Gasteiger partial charge in [-0.3, -0.25) is 4.79 Å². The normalized spacial score (nSPS) is 12.4. The van der Waals surface area contributed by atoms with E-state index in [2.05, 4.69) is 36.5 Å². The smallest absolute Gasteiger partial charge is 0.317 e. The summed E-state index contributed by atoms with van der Waals surface area (Å²) in [7, 11) is 0. The molecule has 1 atom stereocenters. The van der Waals surface area contributed by atoms with E-state index in [9.17, 15) is 4.79 Å². The molecule has 2 N–H and O–H groups in total. The summed E-state index contributed by atoms with van der Waals surface area (Å²) in [6.07, 6.45) is 1.92. The number of rotatable bonds is 6. The molecular weight excluding hydrogens is 202 g/mol. The van der Waals surface area contributed by atoms with Crippen LogP contribution < -0.4 is 5.32 Å². The van der Waals surface area contributed by atoms with Gasteiger partial charge in [-0.05, 0) is 24.0 Å². The maximum Gasteiger partial charge on any atom is 0.317 e. The second kappa shape index (κ2) is 6.28. The molecule has 0 aliphatic heterocycles. The van der Waals surface area contributed by atoms with Crippen LogP contribution in [0.4, 0.5) is 0 Å². The van der Waals surface area contributed by atoms with Crippen molar-refractivity contribution >= 4 is 5.97 Å². The molecule has 16 heavy (non-hydrogen) atoms. The number of aliphatic carboxylic acids is 1. The zero-order valence-electron chi connectivity index (χ0n) is 9.86. The highest BCUT2D eigenvalue weighted by molar-refractivity contribution is 5.69. The minimum atomic E-state index is -0.816. The lowest BCUT2D eigenvalue weighted by molar-refractivity contribution is -0.136. The molecular formula is C13H19NO2. The van der Waals surface area contributed by atoms with Crippen molar-refractivity contribution < 1.29 is 9.90 Å². The summed E-state index contributed by atoms with van der Waals surface area (Å²) in [5.41, 5.74) is 2.46. The number of benzene rings is 1. The fourth-order valence-corrected chi connectivity index (χ4v) is 1.69. The molecule has 0 saturated carbocycles. The lowest BCUT2D eigenvalue weighted by atomic mass is 10.0. The zero-order chi connectivity index (χ0) is 12.0. The molecule has 1 aromatic rings. The van der Waals surface area contributed by atoms with Crippen molar-refractivity contribution in [1.82, 2.24) is 5.32 Å². The van der Waals surface area contributed by atoms with Crippen LogP contribution in [0.5, 0.6) is 0 Å². The molecule has 0 aliphatic carbocycles. The van der Waals surface area contributed by atoms with Gasteiger partial charge in [-0.1, -0.05) is 38.1 Å². The first-order valence-corrected chi connectivity index (χ1v) is 5.71. The molecule has 0 spiro atoms. The predicted molar refractivity (Wildman–Crippen MR) is 64.5 cm³/mol. The third-order valence-corrected chi connectivity index (χ3v) is 2.70. The first-order valence-electron chi connectivity index (χ1n) is 5.71. The summed E-state index contributed by atoms with van der Waals surface area (Å²) in [4.78, 5) is 10.5. The number of carboxylic acid groups (broad SMARTS) is 1. The first-order chi connectivity index (χ1) is 7.67. The lowest BCUT2D eigenvalue weighted by Gasteiger charge is -2.16. The maximum atomic E-state index is 10.5. The van der Waals surface area contributed by atoms with Crippen molar-refractivity contribution in [3.63, 3.8) is 0 Å². The van der Waals surface area contributed by atoms with E-state index in [4.69, 9.17) is 5.11 Å². The fraction of sp³-hybridized carbons (Fsp3) is 0.462. The van der Waals surface area contributed by atoms with E-state index in [-0.39, 0.29) is 12.6 Å². The van der Waals surface area contributed by atoms with Crippen molar-refractivity contribution in [2.75, 3.05) is 6.54 Å². The molecule has 3 nitrogen and oxygen atoms in total. The largest absolute Gasteiger partial charge is 0.480 e. The van der Waals surface area contributed by atoms with Gasteiger partial charge in [0.1, 0.15) is 0 Å². The van der Waals surface area contributed by atoms with E-state index < -0.39 is 5.97 Å². The molecule has 1 aromatic carbocycles. The standard InChI is InChI=1S/C13H19NO2/c1-3-10-5-7-11(8-6-10)12(4-2)14-9-13(15)16/h5-8,12,14H,3-4,9H2,1-2H3,(H,15,16). The highest BCUT2D eigenvalue weighted by Crippen LogP contribution is 2.17. The Hall–Kier alpha value is -1.35. The zero-order valence-corrected chi connectivity index (χ0v) is 9.86. The summed E-state index contributed by atoms with van der Waals surface area (Å²) >= 11 is 0. The number of carboxylic acids is 1. The van der Waals surface area contributed by atoms with E-state index in [1.807, 2.05) is 6.92 Å². The van der Waals surface area contributed by atoms with Crippen molar-refractivity contribution in [2.24, 2.45) is 0 Å². The Balaban J connectivity index is 2.66. The Morgan fingerprint density at radius 1 is 1.31 bits per heavy atom. The van der Waals surface area contributed by atoms with Gasteiger partial charge in [-0.2, -0.15) is 0 Å². The molecule has 0 aliphatic rings. The van der Waals surface area contributed by atoms with E-state index >= 15 is 0 Å². The topological polar surface area (TPSA) is 49.3 Å². The molecule has 1 rings (SSSR count). The van der Waals surface area contributed by atoms with Gasteiger partial charge in [0.25, 0.3) is 0 Å². The summed E-state index contributed by atoms with van der Waals surface area (Å²) in [6.45, 7) is 4.18. The van der Waals surface area contributed by atoms with Crippen LogP contribution in [0.15, 0.2) is 24.3 Å². The molecule has 1 unspecified atom stereocenters. The quantitative estimate of drug-likeness (QED) is 0.775. The Labute approximate surface area is 96.5 Å². The lowest BCUT2D eigenvalue weighted by Crippen LogP contribution is -2.27. The molecule has 88 valence electrons. The van der Waals surface area contributed by atoms with E-state index in [1.54, 1.807) is 0 Å². The molecule has 0 amide bonds. The van der Waals surface area contributed by atoms with E-state index in [0.29, 0.717) is 0 Å². The van der Waals surface area contributed by atoms with Crippen molar-refractivity contribution in [2.45, 2.75) is 32.7 Å². The van der Waals surface area contributed by atoms with Crippen LogP contribution in [0, 0.1) is 0 Å². The number of aryl methyl sites for hydroxylation is 1. The third-order valence-electron chi connectivity index (χ3n) is 2.70. The minimum Gasteiger partial charge on any atom is -0.480 e. The Morgan fingerprint density at radius 2 is 1.94 bits per heavy atom. The van der Waals surface area contributed by atoms with Crippen molar-refractivity contribution in [1.29, 1.82) is 0 Å². The van der Waals surface area contributed by atoms with Crippen LogP contribution in [0.1, 0.15) is 37.4 Å². The minimum absolute atomic E-state index is 0.00797. The third kappa shape index (κ3) is 3.66. The summed E-state index contributed by atoms with van der Waals surface area (Å²) < 4.78 is 0. The summed E-state index contributed by atoms with van der Waals surface area (Å²) in [6, 6.07) is 8.46. The van der Waals surface area contributed by atoms with Crippen LogP contribution in [0.25, 0.3) is 0 Å². The van der Waals surface area contributed by atoms with E-state index in [0.717, 1.165) is 18.4 Å². The van der Waals surface area contributed by atoms with Crippen LogP contribution in [0.2, 0.25) is 0 Å². The van der Waals surface area contributed by atoms with Gasteiger partial charge in [-0.25, -0.2) is 0 Å². The van der Waals surface area contributed by atoms with Crippen LogP contribution >= 0.6 is 0 Å². The van der Waals surface area contributed by atoms with Gasteiger partial charge in [-0.15, -0.1) is 0 Å². The molecule has 0 radical (unpaired) electrons. The van der Waals surface area contributed by atoms with Gasteiger partial charge in [0.2, 0.25) is 0 Å². The van der Waals surface area contributed by atoms with Gasteiger partial charge in [0.05, 0.1) is 6.54 Å². The average molecular weight is 221 g/mol. The van der Waals surface area contributed by atoms with Crippen LogP contribution in [-0.4, -0.2) is 17.6 Å². The fourth-order valence-electron chi connectivity index (χ4n) is 1.69. The number of hydrogen-bond donors (Lipinski definition) is 2. The second-order valence-corrected chi connectivity index (χ2v) is 3.83. The van der Waals surface area contributed by atoms with E-state index in [1.165, 1.54) is 5.56 Å². The van der Waals surface area contributed by atoms with Gasteiger partial charge < -0.3 is 10.4 Å². The predicted octanol–water partition coefficient (Wildman–Crippen LogP) is 2.37. The average Bonchev–Trinajstić information content (AvgIpc) is 2.30. The molecule has 0 fully saturated rings. The van der Waals surface area contributed by atoms with Crippen molar-refractivity contribution in [3.05, 3.63) is 35.4 Å². The summed E-state index contributed by atoms with van der Waals surface area (Å²) in [5.74, 6) is -0.816. The number of carbonyl (C=O) groups is 1. The SMILES string of the molecule is CCc1ccc(C(CC)NCC(=O)O)cc1. The highest BCUT2D eigenvalue weighted by Gasteiger charge is 2.09. The maximum absolute atomic E-state index is 10.5. The van der Waals surface area contributed by atoms with Gasteiger partial charge in [0.15, 0.2) is 0 Å². The molecule has 0 heterocycles. The molecule has 3 heteroatoms. The summed E-state index contributed by atoms with van der Waals surface area (Å²) in [5, 5.41) is 11.6. The van der Waals surface area contributed by atoms with Crippen LogP contribution in [-0.2, 0) is 11.2 Å². The molecule has 0 saturated heterocycles. The highest BCUT2D eigenvalue weighted by atomic mass is 16.4. The first kappa shape index (κ1) is 12.7. The molecule has 0 aromatic heterocycles. The Morgan fingerprint density at radius 3 is 2.38 bits per heavy atom. The monoisotopic (exact) mass is 221 g/mol. The Bertz CT molecular complexity index is 332. The number of nitrogens with one attached hydrogen (secondary N) is 1. The Kier molecular flexibility index (Phi) is 4.99. The van der Waals surface area contributed by atoms with Gasteiger partial charge in [0, 0.05) is 6.04 Å². The van der Waals surface area contributed by atoms with Crippen molar-refractivity contribution in [3.8, 4) is 0 Å². The molecule has 0 bridgehead atoms. The number of hydrogen-bond acceptors (Lipinski definition) is 2.